The molecule has 2 heterocycles. The lowest BCUT2D eigenvalue weighted by molar-refractivity contribution is 0.102. The molecule has 9 heteroatoms. The maximum absolute atomic E-state index is 13.6. The Morgan fingerprint density at radius 3 is 2.80 bits per heavy atom. The summed E-state index contributed by atoms with van der Waals surface area (Å²) in [5.74, 6) is -0.0331. The van der Waals surface area contributed by atoms with E-state index < -0.39 is 10.0 Å². The van der Waals surface area contributed by atoms with Gasteiger partial charge in [0.25, 0.3) is 15.9 Å². The Hall–Kier alpha value is -2.91. The van der Waals surface area contributed by atoms with Crippen molar-refractivity contribution in [2.75, 3.05) is 23.3 Å². The van der Waals surface area contributed by atoms with Gasteiger partial charge in [0, 0.05) is 23.7 Å². The predicted octanol–water partition coefficient (Wildman–Crippen LogP) is 3.85. The van der Waals surface area contributed by atoms with Crippen LogP contribution in [0.5, 0.6) is 5.75 Å². The number of nitrogens with one attached hydrogen (secondary N) is 1. The lowest BCUT2D eigenvalue weighted by atomic mass is 10.0. The van der Waals surface area contributed by atoms with Gasteiger partial charge < -0.3 is 4.74 Å². The van der Waals surface area contributed by atoms with E-state index in [1.54, 1.807) is 35.8 Å². The molecular weight excluding hydrogens is 422 g/mol. The van der Waals surface area contributed by atoms with Crippen molar-refractivity contribution in [3.05, 3.63) is 64.7 Å². The zero-order valence-electron chi connectivity index (χ0n) is 16.6. The minimum atomic E-state index is -3.87. The second-order valence-corrected chi connectivity index (χ2v) is 9.70. The zero-order valence-corrected chi connectivity index (χ0v) is 18.2. The van der Waals surface area contributed by atoms with Crippen LogP contribution in [0.1, 0.15) is 27.9 Å². The van der Waals surface area contributed by atoms with Crippen molar-refractivity contribution in [1.29, 1.82) is 0 Å². The first-order chi connectivity index (χ1) is 14.4. The number of thiazole rings is 1. The quantitative estimate of drug-likeness (QED) is 0.647. The van der Waals surface area contributed by atoms with Crippen molar-refractivity contribution < 1.29 is 17.9 Å². The van der Waals surface area contributed by atoms with Crippen LogP contribution in [-0.2, 0) is 16.4 Å². The molecule has 0 bridgehead atoms. The van der Waals surface area contributed by atoms with Gasteiger partial charge in [0.05, 0.1) is 12.8 Å². The Morgan fingerprint density at radius 1 is 1.23 bits per heavy atom. The predicted molar refractivity (Wildman–Crippen MR) is 117 cm³/mol. The molecule has 0 spiro atoms. The third-order valence-corrected chi connectivity index (χ3v) is 7.49. The molecule has 0 saturated heterocycles. The smallest absolute Gasteiger partial charge is 0.268 e. The van der Waals surface area contributed by atoms with Crippen LogP contribution in [0.25, 0.3) is 0 Å². The third-order valence-electron chi connectivity index (χ3n) is 4.96. The second-order valence-electron chi connectivity index (χ2n) is 6.97. The summed E-state index contributed by atoms with van der Waals surface area (Å²) >= 11 is 1.32. The lowest BCUT2D eigenvalue weighted by Crippen LogP contribution is -2.36. The molecule has 0 fully saturated rings. The zero-order chi connectivity index (χ0) is 21.3. The van der Waals surface area contributed by atoms with Crippen LogP contribution < -0.4 is 14.4 Å². The summed E-state index contributed by atoms with van der Waals surface area (Å²) in [7, 11) is -2.41. The molecule has 7 nitrogen and oxygen atoms in total. The number of sulfonamides is 1. The highest BCUT2D eigenvalue weighted by Gasteiger charge is 2.32. The number of ether oxygens (including phenoxy) is 1. The Balaban J connectivity index is 1.74. The molecular formula is C21H21N3O4S2. The summed E-state index contributed by atoms with van der Waals surface area (Å²) in [5, 5.41) is 5.00. The summed E-state index contributed by atoms with van der Waals surface area (Å²) in [4.78, 5) is 16.8. The molecule has 1 aromatic heterocycles. The van der Waals surface area contributed by atoms with Gasteiger partial charge in [-0.25, -0.2) is 13.4 Å². The van der Waals surface area contributed by atoms with E-state index in [4.69, 9.17) is 4.74 Å². The number of hydrogen-bond acceptors (Lipinski definition) is 6. The number of nitrogens with zero attached hydrogens (tertiary/aromatic N) is 2. The highest BCUT2D eigenvalue weighted by molar-refractivity contribution is 7.93. The van der Waals surface area contributed by atoms with E-state index in [2.05, 4.69) is 10.3 Å². The molecule has 0 aliphatic carbocycles. The maximum Gasteiger partial charge on any atom is 0.268 e. The van der Waals surface area contributed by atoms with Crippen LogP contribution in [0.2, 0.25) is 0 Å². The van der Waals surface area contributed by atoms with E-state index in [1.807, 2.05) is 19.1 Å². The molecule has 1 aliphatic heterocycles. The van der Waals surface area contributed by atoms with E-state index in [9.17, 15) is 13.2 Å². The van der Waals surface area contributed by atoms with E-state index in [0.717, 1.165) is 17.5 Å². The third kappa shape index (κ3) is 3.78. The summed E-state index contributed by atoms with van der Waals surface area (Å²) in [6, 6.07) is 10.2. The van der Waals surface area contributed by atoms with Gasteiger partial charge in [-0.05, 0) is 55.2 Å². The van der Waals surface area contributed by atoms with Crippen molar-refractivity contribution >= 4 is 38.1 Å². The van der Waals surface area contributed by atoms with Gasteiger partial charge in [-0.3, -0.25) is 14.4 Å². The SMILES string of the molecule is COc1ccc(C)cc1S(=O)(=O)N1CCCc2ccc(C(=O)Nc3nccs3)cc21. The Morgan fingerprint density at radius 2 is 2.07 bits per heavy atom. The van der Waals surface area contributed by atoms with Gasteiger partial charge in [0.1, 0.15) is 10.6 Å². The largest absolute Gasteiger partial charge is 0.495 e. The number of anilines is 2. The summed E-state index contributed by atoms with van der Waals surface area (Å²) in [6.07, 6.45) is 3.06. The van der Waals surface area contributed by atoms with E-state index in [1.165, 1.54) is 22.8 Å². The highest BCUT2D eigenvalue weighted by atomic mass is 32.2. The minimum Gasteiger partial charge on any atom is -0.495 e. The normalized spacial score (nSPS) is 13.6. The van der Waals surface area contributed by atoms with Crippen molar-refractivity contribution in [2.45, 2.75) is 24.7 Å². The Kier molecular flexibility index (Phi) is 5.48. The summed E-state index contributed by atoms with van der Waals surface area (Å²) in [6.45, 7) is 2.17. The number of carbonyl (C=O) groups is 1. The maximum atomic E-state index is 13.6. The van der Waals surface area contributed by atoms with Gasteiger partial charge >= 0.3 is 0 Å². The fourth-order valence-corrected chi connectivity index (χ4v) is 5.79. The standard InChI is InChI=1S/C21H21N3O4S2/c1-14-5-8-18(28-2)19(12-14)30(26,27)24-10-3-4-15-6-7-16(13-17(15)24)20(25)23-21-22-9-11-29-21/h5-9,11-13H,3-4,10H2,1-2H3,(H,22,23,25). The van der Waals surface area contributed by atoms with Crippen LogP contribution >= 0.6 is 11.3 Å². The highest BCUT2D eigenvalue weighted by Crippen LogP contribution is 2.36. The topological polar surface area (TPSA) is 88.6 Å². The Labute approximate surface area is 179 Å². The van der Waals surface area contributed by atoms with E-state index >= 15 is 0 Å². The molecule has 1 N–H and O–H groups in total. The van der Waals surface area contributed by atoms with Gasteiger partial charge in [-0.1, -0.05) is 12.1 Å². The first kappa shape index (κ1) is 20.4. The molecule has 0 saturated carbocycles. The second kappa shape index (κ2) is 8.08. The summed E-state index contributed by atoms with van der Waals surface area (Å²) < 4.78 is 33.8. The number of aryl methyl sites for hydroxylation is 2. The Bertz CT molecular complexity index is 1190. The fourth-order valence-electron chi connectivity index (χ4n) is 3.49. The van der Waals surface area contributed by atoms with Crippen molar-refractivity contribution in [1.82, 2.24) is 4.98 Å². The van der Waals surface area contributed by atoms with Crippen molar-refractivity contribution in [2.24, 2.45) is 0 Å². The number of rotatable bonds is 5. The van der Waals surface area contributed by atoms with Gasteiger partial charge in [0.2, 0.25) is 0 Å². The molecule has 4 rings (SSSR count). The van der Waals surface area contributed by atoms with Crippen LogP contribution in [0.4, 0.5) is 10.8 Å². The number of benzene rings is 2. The molecule has 0 unspecified atom stereocenters. The van der Waals surface area contributed by atoms with Crippen molar-refractivity contribution in [3.8, 4) is 5.75 Å². The first-order valence-electron chi connectivity index (χ1n) is 9.41. The van der Waals surface area contributed by atoms with Crippen LogP contribution in [0.3, 0.4) is 0 Å². The van der Waals surface area contributed by atoms with E-state index in [0.29, 0.717) is 35.1 Å². The van der Waals surface area contributed by atoms with Gasteiger partial charge in [0.15, 0.2) is 5.13 Å². The van der Waals surface area contributed by atoms with E-state index in [-0.39, 0.29) is 10.8 Å². The number of hydrogen-bond donors (Lipinski definition) is 1. The average Bonchev–Trinajstić information content (AvgIpc) is 3.25. The molecule has 30 heavy (non-hydrogen) atoms. The number of fused-ring (bicyclic) bond motifs is 1. The number of aromatic nitrogens is 1. The van der Waals surface area contributed by atoms with Crippen molar-refractivity contribution in [3.63, 3.8) is 0 Å². The molecule has 2 aromatic carbocycles. The lowest BCUT2D eigenvalue weighted by Gasteiger charge is -2.31. The molecule has 156 valence electrons. The van der Waals surface area contributed by atoms with Crippen LogP contribution in [-0.4, -0.2) is 33.0 Å². The average molecular weight is 444 g/mol. The van der Waals surface area contributed by atoms with Gasteiger partial charge in [-0.15, -0.1) is 11.3 Å². The fraction of sp³-hybridized carbons (Fsp3) is 0.238. The van der Waals surface area contributed by atoms with Crippen LogP contribution in [0.15, 0.2) is 52.9 Å². The number of amides is 1. The molecule has 1 aliphatic rings. The van der Waals surface area contributed by atoms with Gasteiger partial charge in [-0.2, -0.15) is 0 Å². The monoisotopic (exact) mass is 443 g/mol. The molecule has 3 aromatic rings. The number of carbonyl (C=O) groups excluding carboxylic acids is 1. The number of methoxy groups -OCH3 is 1. The molecule has 0 radical (unpaired) electrons. The summed E-state index contributed by atoms with van der Waals surface area (Å²) in [5.41, 5.74) is 2.62. The van der Waals surface area contributed by atoms with Crippen LogP contribution in [0, 0.1) is 6.92 Å². The molecule has 0 atom stereocenters. The first-order valence-corrected chi connectivity index (χ1v) is 11.7. The molecule has 1 amide bonds. The minimum absolute atomic E-state index is 0.121.